The number of aromatic nitrogens is 1. The van der Waals surface area contributed by atoms with Crippen LogP contribution in [0.4, 0.5) is 25.5 Å². The summed E-state index contributed by atoms with van der Waals surface area (Å²) in [4.78, 5) is 45.4. The summed E-state index contributed by atoms with van der Waals surface area (Å²) < 4.78 is 32.7. The van der Waals surface area contributed by atoms with Gasteiger partial charge in [0.1, 0.15) is 24.6 Å². The third kappa shape index (κ3) is 2.17. The molecule has 36 heavy (non-hydrogen) atoms. The van der Waals surface area contributed by atoms with E-state index in [1.165, 1.54) is 0 Å². The van der Waals surface area contributed by atoms with E-state index in [9.17, 15) is 14.4 Å². The van der Waals surface area contributed by atoms with Crippen molar-refractivity contribution in [3.63, 3.8) is 0 Å². The van der Waals surface area contributed by atoms with Gasteiger partial charge in [0.25, 0.3) is 0 Å². The van der Waals surface area contributed by atoms with Gasteiger partial charge in [0.05, 0.1) is 17.2 Å². The molecule has 0 unspecified atom stereocenters. The molecule has 0 aliphatic carbocycles. The number of nitrogens with zero attached hydrogens (tertiary/aromatic N) is 4. The second-order valence-electron chi connectivity index (χ2n) is 9.59. The normalized spacial score (nSPS) is 34.3. The summed E-state index contributed by atoms with van der Waals surface area (Å²) in [6, 6.07) is 0.230. The number of morpholine rings is 1. The average molecular weight is 494 g/mol. The number of rotatable bonds is 1. The Labute approximate surface area is 202 Å². The molecule has 1 aromatic carbocycles. The number of amidine groups is 1. The Hall–Kier alpha value is -4.18. The summed E-state index contributed by atoms with van der Waals surface area (Å²) in [5, 5.41) is 9.14. The van der Waals surface area contributed by atoms with Crippen LogP contribution in [0.15, 0.2) is 15.6 Å². The molecule has 2 N–H and O–H groups in total. The van der Waals surface area contributed by atoms with Crippen LogP contribution < -0.4 is 20.4 Å². The van der Waals surface area contributed by atoms with E-state index in [0.29, 0.717) is 5.56 Å². The molecule has 5 aliphatic rings. The number of cyclic esters (lactones) is 1. The van der Waals surface area contributed by atoms with E-state index in [1.54, 1.807) is 17.9 Å². The zero-order valence-electron chi connectivity index (χ0n) is 19.1. The fourth-order valence-electron chi connectivity index (χ4n) is 6.36. The number of ether oxygens (including phenoxy) is 2. The summed E-state index contributed by atoms with van der Waals surface area (Å²) >= 11 is 0. The lowest BCUT2D eigenvalue weighted by atomic mass is 9.58. The Morgan fingerprint density at radius 2 is 2.08 bits per heavy atom. The molecule has 5 atom stereocenters. The minimum atomic E-state index is -1.32. The predicted octanol–water partition coefficient (Wildman–Crippen LogP) is 1.03. The highest BCUT2D eigenvalue weighted by Gasteiger charge is 2.77. The lowest BCUT2D eigenvalue weighted by Crippen LogP contribution is -2.86. The van der Waals surface area contributed by atoms with E-state index >= 15 is 4.39 Å². The molecule has 7 rings (SSSR count). The van der Waals surface area contributed by atoms with Crippen LogP contribution in [0.25, 0.3) is 11.0 Å². The number of hydrogen-bond acceptors (Lipinski definition) is 9. The summed E-state index contributed by atoms with van der Waals surface area (Å²) in [5.41, 5.74) is -2.09. The van der Waals surface area contributed by atoms with Crippen molar-refractivity contribution in [3.05, 3.63) is 17.4 Å². The molecular weight excluding hydrogens is 475 g/mol. The SMILES string of the molecule is C#C[C@H]1COC(=O)N1c1noc2c(F)c3c(cc12)C[C@@]12C(=O)NC(=O)NC1=N[C@@]21[C@H](C)O[C@H](C)CN31. The quantitative estimate of drug-likeness (QED) is 0.561. The molecule has 0 radical (unpaired) electrons. The molecule has 184 valence electrons. The topological polar surface area (TPSA) is 139 Å². The molecule has 3 fully saturated rings. The van der Waals surface area contributed by atoms with Gasteiger partial charge >= 0.3 is 12.1 Å². The molecular formula is C23H19FN6O6. The van der Waals surface area contributed by atoms with Crippen LogP contribution in [-0.4, -0.2) is 66.1 Å². The number of anilines is 2. The van der Waals surface area contributed by atoms with E-state index in [-0.39, 0.29) is 54.0 Å². The van der Waals surface area contributed by atoms with Crippen molar-refractivity contribution in [2.75, 3.05) is 23.0 Å². The molecule has 0 bridgehead atoms. The number of aliphatic imine (C=N–C) groups is 1. The summed E-state index contributed by atoms with van der Waals surface area (Å²) in [7, 11) is 0. The van der Waals surface area contributed by atoms with Gasteiger partial charge in [-0.05, 0) is 25.5 Å². The number of nitrogens with one attached hydrogen (secondary N) is 2. The van der Waals surface area contributed by atoms with Gasteiger partial charge in [-0.1, -0.05) is 11.1 Å². The Bertz CT molecular complexity index is 1500. The number of amides is 4. The second-order valence-corrected chi connectivity index (χ2v) is 9.59. The highest BCUT2D eigenvalue weighted by atomic mass is 19.1. The maximum absolute atomic E-state index is 16.2. The zero-order valence-corrected chi connectivity index (χ0v) is 19.1. The van der Waals surface area contributed by atoms with Gasteiger partial charge in [-0.3, -0.25) is 15.4 Å². The van der Waals surface area contributed by atoms with Gasteiger partial charge in [0, 0.05) is 13.0 Å². The fraction of sp³-hybridized carbons (Fsp3) is 0.435. The number of benzene rings is 1. The average Bonchev–Trinajstić information content (AvgIpc) is 3.39. The molecule has 2 spiro atoms. The van der Waals surface area contributed by atoms with Crippen LogP contribution in [0.2, 0.25) is 0 Å². The third-order valence-corrected chi connectivity index (χ3v) is 7.77. The van der Waals surface area contributed by atoms with E-state index < -0.39 is 47.1 Å². The summed E-state index contributed by atoms with van der Waals surface area (Å²) in [6.07, 6.45) is 3.95. The van der Waals surface area contributed by atoms with Gasteiger partial charge < -0.3 is 18.9 Å². The molecule has 6 heterocycles. The van der Waals surface area contributed by atoms with Gasteiger partial charge in [-0.2, -0.15) is 0 Å². The smallest absolute Gasteiger partial charge is 0.416 e. The van der Waals surface area contributed by atoms with E-state index in [4.69, 9.17) is 20.4 Å². The largest absolute Gasteiger partial charge is 0.446 e. The molecule has 5 aliphatic heterocycles. The first kappa shape index (κ1) is 21.1. The molecule has 13 heteroatoms. The second kappa shape index (κ2) is 6.52. The van der Waals surface area contributed by atoms with Crippen molar-refractivity contribution >= 4 is 46.3 Å². The molecule has 1 aromatic heterocycles. The van der Waals surface area contributed by atoms with E-state index in [2.05, 4.69) is 26.7 Å². The van der Waals surface area contributed by atoms with E-state index in [0.717, 1.165) is 4.90 Å². The predicted molar refractivity (Wildman–Crippen MR) is 121 cm³/mol. The Morgan fingerprint density at radius 3 is 2.83 bits per heavy atom. The molecule has 2 aromatic rings. The minimum Gasteiger partial charge on any atom is -0.446 e. The monoisotopic (exact) mass is 494 g/mol. The number of halogens is 1. The van der Waals surface area contributed by atoms with Crippen LogP contribution >= 0.6 is 0 Å². The molecule has 12 nitrogen and oxygen atoms in total. The van der Waals surface area contributed by atoms with Crippen LogP contribution in [0.3, 0.4) is 0 Å². The van der Waals surface area contributed by atoms with Gasteiger partial charge in [-0.25, -0.2) is 23.9 Å². The number of imide groups is 1. The number of terminal acetylenes is 1. The summed E-state index contributed by atoms with van der Waals surface area (Å²) in [5.74, 6) is 1.45. The van der Waals surface area contributed by atoms with Crippen molar-refractivity contribution in [1.29, 1.82) is 0 Å². The number of carbonyl (C=O) groups excluding carboxylic acids is 3. The fourth-order valence-corrected chi connectivity index (χ4v) is 6.36. The Balaban J connectivity index is 1.47. The lowest BCUT2D eigenvalue weighted by molar-refractivity contribution is -0.147. The Morgan fingerprint density at radius 1 is 1.28 bits per heavy atom. The minimum absolute atomic E-state index is 0.0202. The maximum atomic E-state index is 16.2. The van der Waals surface area contributed by atoms with Crippen molar-refractivity contribution in [2.45, 2.75) is 44.2 Å². The van der Waals surface area contributed by atoms with Crippen molar-refractivity contribution < 1.29 is 32.8 Å². The number of hydrogen-bond donors (Lipinski definition) is 2. The number of fused-ring (bicyclic) bond motifs is 3. The maximum Gasteiger partial charge on any atom is 0.416 e. The van der Waals surface area contributed by atoms with Crippen molar-refractivity contribution in [2.24, 2.45) is 10.4 Å². The van der Waals surface area contributed by atoms with Crippen molar-refractivity contribution in [1.82, 2.24) is 15.8 Å². The first-order valence-corrected chi connectivity index (χ1v) is 11.4. The van der Waals surface area contributed by atoms with Crippen LogP contribution in [0, 0.1) is 23.6 Å². The standard InChI is InChI=1S/C23H19FN6O6/c1-4-12-8-34-21(33)30(12)17-13-5-11-6-22-18(25-20(32)26-19(22)31)27-23(22)10(3)35-9(2)7-29(23)15(11)14(24)16(13)36-28-17/h1,5,9-10,12H,6-8H2,2-3H3,(H2,25,26,27,31,32)/t9-,10+,12+,22+,23-/m1/s1. The van der Waals surface area contributed by atoms with Crippen LogP contribution in [0.1, 0.15) is 19.4 Å². The van der Waals surface area contributed by atoms with Gasteiger partial charge in [-0.15, -0.1) is 6.42 Å². The Kier molecular flexibility index (Phi) is 3.83. The van der Waals surface area contributed by atoms with Gasteiger partial charge in [0.15, 0.2) is 22.7 Å². The third-order valence-electron chi connectivity index (χ3n) is 7.77. The summed E-state index contributed by atoms with van der Waals surface area (Å²) in [6.45, 7) is 3.82. The first-order valence-electron chi connectivity index (χ1n) is 11.4. The highest BCUT2D eigenvalue weighted by Crippen LogP contribution is 2.60. The molecule has 4 amide bonds. The molecule has 0 saturated carbocycles. The van der Waals surface area contributed by atoms with Gasteiger partial charge in [0.2, 0.25) is 11.5 Å². The zero-order chi connectivity index (χ0) is 25.1. The number of carbonyl (C=O) groups is 3. The van der Waals surface area contributed by atoms with Crippen LogP contribution in [-0.2, 0) is 20.7 Å². The number of urea groups is 1. The molecule has 3 saturated heterocycles. The first-order chi connectivity index (χ1) is 17.2. The highest BCUT2D eigenvalue weighted by molar-refractivity contribution is 6.26. The van der Waals surface area contributed by atoms with Crippen molar-refractivity contribution in [3.8, 4) is 12.3 Å². The lowest BCUT2D eigenvalue weighted by Gasteiger charge is -2.67. The van der Waals surface area contributed by atoms with E-state index in [1.807, 2.05) is 6.92 Å². The van der Waals surface area contributed by atoms with Crippen LogP contribution in [0.5, 0.6) is 0 Å².